The monoisotopic (exact) mass is 476 g/mol. The van der Waals surface area contributed by atoms with Gasteiger partial charge in [-0.15, -0.1) is 0 Å². The number of anilines is 1. The Bertz CT molecular complexity index is 462. The average molecular weight is 475 g/mol. The third-order valence-electron chi connectivity index (χ3n) is 1.86. The van der Waals surface area contributed by atoms with E-state index in [1.807, 2.05) is 18.2 Å². The third kappa shape index (κ3) is 7.07. The van der Waals surface area contributed by atoms with Gasteiger partial charge in [0, 0.05) is 0 Å². The molecule has 0 aromatic heterocycles. The molecule has 0 unspecified atom stereocenters. The SMILES string of the molecule is CC(=O)[O][Pb]([O]C(C)=O)[O]C(=O)CNc1ccccc1. The molecular weight excluding hydrogens is 461 g/mol. The molecule has 7 nitrogen and oxygen atoms in total. The number of para-hydroxylation sites is 1. The number of rotatable bonds is 6. The summed E-state index contributed by atoms with van der Waals surface area (Å²) >= 11 is -3.90. The fourth-order valence-corrected chi connectivity index (χ4v) is 4.47. The van der Waals surface area contributed by atoms with Gasteiger partial charge in [0.2, 0.25) is 0 Å². The van der Waals surface area contributed by atoms with Gasteiger partial charge in [-0.1, -0.05) is 0 Å². The van der Waals surface area contributed by atoms with Gasteiger partial charge in [0.05, 0.1) is 0 Å². The maximum atomic E-state index is 11.6. The van der Waals surface area contributed by atoms with Gasteiger partial charge in [0.25, 0.3) is 0 Å². The summed E-state index contributed by atoms with van der Waals surface area (Å²) in [6.07, 6.45) is 0. The third-order valence-corrected chi connectivity index (χ3v) is 6.93. The molecule has 8 heteroatoms. The molecule has 0 atom stereocenters. The molecule has 0 saturated heterocycles. The summed E-state index contributed by atoms with van der Waals surface area (Å²) in [4.78, 5) is 33.2. The van der Waals surface area contributed by atoms with Crippen molar-refractivity contribution in [1.82, 2.24) is 0 Å². The van der Waals surface area contributed by atoms with E-state index in [4.69, 9.17) is 8.06 Å². The van der Waals surface area contributed by atoms with E-state index in [-0.39, 0.29) is 6.54 Å². The van der Waals surface area contributed by atoms with Crippen molar-refractivity contribution in [3.05, 3.63) is 30.3 Å². The first-order chi connectivity index (χ1) is 9.47. The second-order valence-electron chi connectivity index (χ2n) is 3.63. The number of hydrogen-bond donors (Lipinski definition) is 1. The van der Waals surface area contributed by atoms with E-state index in [1.165, 1.54) is 0 Å². The van der Waals surface area contributed by atoms with Crippen molar-refractivity contribution in [1.29, 1.82) is 0 Å². The molecule has 0 aliphatic heterocycles. The van der Waals surface area contributed by atoms with Crippen molar-refractivity contribution in [2.24, 2.45) is 0 Å². The zero-order valence-electron chi connectivity index (χ0n) is 11.0. The zero-order chi connectivity index (χ0) is 15.0. The van der Waals surface area contributed by atoms with Gasteiger partial charge < -0.3 is 0 Å². The second-order valence-corrected chi connectivity index (χ2v) is 7.96. The Morgan fingerprint density at radius 3 is 2.05 bits per heavy atom. The van der Waals surface area contributed by atoms with Crippen LogP contribution in [0, 0.1) is 0 Å². The fraction of sp³-hybridized carbons (Fsp3) is 0.250. The summed E-state index contributed by atoms with van der Waals surface area (Å²) in [5.74, 6) is -1.92. The second kappa shape index (κ2) is 8.51. The number of carbonyl (C=O) groups excluding carboxylic acids is 3. The maximum absolute atomic E-state index is 11.6. The summed E-state index contributed by atoms with van der Waals surface area (Å²) in [5.41, 5.74) is 0.747. The fourth-order valence-electron chi connectivity index (χ4n) is 1.16. The average Bonchev–Trinajstić information content (AvgIpc) is 2.36. The van der Waals surface area contributed by atoms with Crippen LogP contribution in [0.1, 0.15) is 13.8 Å². The zero-order valence-corrected chi connectivity index (χ0v) is 14.9. The Morgan fingerprint density at radius 2 is 1.55 bits per heavy atom. The molecular formula is C12H14NO6Pb. The van der Waals surface area contributed by atoms with Crippen LogP contribution in [0.3, 0.4) is 0 Å². The molecule has 1 aromatic rings. The first-order valence-corrected chi connectivity index (χ1v) is 10.5. The van der Waals surface area contributed by atoms with Crippen LogP contribution in [0.5, 0.6) is 0 Å². The Kier molecular flexibility index (Phi) is 6.98. The van der Waals surface area contributed by atoms with Crippen LogP contribution in [-0.4, -0.2) is 48.5 Å². The van der Waals surface area contributed by atoms with Crippen LogP contribution in [0.4, 0.5) is 5.69 Å². The number of benzene rings is 1. The summed E-state index contributed by atoms with van der Waals surface area (Å²) in [6, 6.07) is 9.04. The first kappa shape index (κ1) is 16.4. The number of carbonyl (C=O) groups is 3. The summed E-state index contributed by atoms with van der Waals surface area (Å²) in [6.45, 7) is 2.20. The molecule has 1 aromatic carbocycles. The molecule has 0 aliphatic carbocycles. The molecule has 0 amide bonds. The summed E-state index contributed by atoms with van der Waals surface area (Å²) in [5, 5.41) is 2.83. The van der Waals surface area contributed by atoms with E-state index in [9.17, 15) is 14.4 Å². The normalized spacial score (nSPS) is 9.75. The van der Waals surface area contributed by atoms with Crippen molar-refractivity contribution < 1.29 is 22.4 Å². The summed E-state index contributed by atoms with van der Waals surface area (Å²) in [7, 11) is 0. The number of hydrogen-bond acceptors (Lipinski definition) is 7. The molecule has 0 bridgehead atoms. The van der Waals surface area contributed by atoms with Crippen LogP contribution in [0.15, 0.2) is 30.3 Å². The van der Waals surface area contributed by atoms with Crippen molar-refractivity contribution in [3.8, 4) is 0 Å². The van der Waals surface area contributed by atoms with E-state index in [0.717, 1.165) is 19.5 Å². The van der Waals surface area contributed by atoms with Crippen molar-refractivity contribution >= 4 is 47.7 Å². The molecule has 1 rings (SSSR count). The van der Waals surface area contributed by atoms with Crippen molar-refractivity contribution in [2.75, 3.05) is 11.9 Å². The Balaban J connectivity index is 2.44. The molecule has 1 radical (unpaired) electrons. The van der Waals surface area contributed by atoms with Gasteiger partial charge in [-0.3, -0.25) is 0 Å². The van der Waals surface area contributed by atoms with Crippen LogP contribution < -0.4 is 5.32 Å². The van der Waals surface area contributed by atoms with E-state index >= 15 is 0 Å². The molecule has 20 heavy (non-hydrogen) atoms. The van der Waals surface area contributed by atoms with E-state index in [1.54, 1.807) is 12.1 Å². The molecule has 0 heterocycles. The van der Waals surface area contributed by atoms with Crippen LogP contribution in [0.2, 0.25) is 0 Å². The van der Waals surface area contributed by atoms with E-state index < -0.39 is 42.0 Å². The van der Waals surface area contributed by atoms with Crippen LogP contribution in [-0.2, 0) is 22.4 Å². The minimum absolute atomic E-state index is 0.110. The van der Waals surface area contributed by atoms with Gasteiger partial charge >= 0.3 is 126 Å². The van der Waals surface area contributed by atoms with E-state index in [2.05, 4.69) is 5.32 Å². The first-order valence-electron chi connectivity index (χ1n) is 5.70. The molecule has 1 N–H and O–H groups in total. The van der Waals surface area contributed by atoms with Gasteiger partial charge in [-0.05, 0) is 0 Å². The Hall–Kier alpha value is -1.65. The van der Waals surface area contributed by atoms with Crippen LogP contribution in [0.25, 0.3) is 0 Å². The minimum atomic E-state index is -3.90. The Labute approximate surface area is 126 Å². The predicted octanol–water partition coefficient (Wildman–Crippen LogP) is 0.753. The van der Waals surface area contributed by atoms with Gasteiger partial charge in [0.15, 0.2) is 0 Å². The number of nitrogens with one attached hydrogen (secondary N) is 1. The van der Waals surface area contributed by atoms with Gasteiger partial charge in [-0.25, -0.2) is 0 Å². The predicted molar refractivity (Wildman–Crippen MR) is 70.3 cm³/mol. The summed E-state index contributed by atoms with van der Waals surface area (Å²) < 4.78 is 14.4. The quantitative estimate of drug-likeness (QED) is 0.608. The van der Waals surface area contributed by atoms with E-state index in [0.29, 0.717) is 0 Å². The van der Waals surface area contributed by atoms with Crippen LogP contribution >= 0.6 is 0 Å². The Morgan fingerprint density at radius 1 is 1.00 bits per heavy atom. The molecule has 107 valence electrons. The topological polar surface area (TPSA) is 90.9 Å². The van der Waals surface area contributed by atoms with Gasteiger partial charge in [-0.2, -0.15) is 0 Å². The molecule has 0 aliphatic rings. The molecule has 0 saturated carbocycles. The van der Waals surface area contributed by atoms with Crippen molar-refractivity contribution in [2.45, 2.75) is 13.8 Å². The van der Waals surface area contributed by atoms with Gasteiger partial charge in [0.1, 0.15) is 0 Å². The standard InChI is InChI=1S/C8H9NO2.2C2H4O2.Pb/c10-8(11)6-9-7-4-2-1-3-5-7;2*1-2(3)4;/h1-5,9H,6H2,(H,10,11);2*1H3,(H,3,4);/q;;;+3/p-3. The van der Waals surface area contributed by atoms with Crippen molar-refractivity contribution in [3.63, 3.8) is 0 Å². The molecule has 0 spiro atoms. The molecule has 0 fully saturated rings.